The first-order valence-corrected chi connectivity index (χ1v) is 17.1. The van der Waals surface area contributed by atoms with E-state index < -0.39 is 6.03 Å². The molecule has 3 aromatic heterocycles. The number of aromatic nitrogens is 6. The van der Waals surface area contributed by atoms with Gasteiger partial charge in [-0.05, 0) is 74.3 Å². The van der Waals surface area contributed by atoms with Crippen LogP contribution >= 0.6 is 0 Å². The van der Waals surface area contributed by atoms with Gasteiger partial charge in [-0.2, -0.15) is 10.2 Å². The Balaban J connectivity index is 0.902. The van der Waals surface area contributed by atoms with Gasteiger partial charge in [0.1, 0.15) is 5.75 Å². The van der Waals surface area contributed by atoms with Crippen molar-refractivity contribution in [3.05, 3.63) is 66.5 Å². The number of anilines is 2. The van der Waals surface area contributed by atoms with Gasteiger partial charge in [0.15, 0.2) is 11.6 Å². The molecular weight excluding hydrogens is 620 g/mol. The number of nitrogens with zero attached hydrogens (tertiary/aromatic N) is 8. The molecule has 5 aromatic rings. The van der Waals surface area contributed by atoms with Crippen molar-refractivity contribution in [1.82, 2.24) is 40.0 Å². The van der Waals surface area contributed by atoms with Crippen LogP contribution in [0.4, 0.5) is 16.4 Å². The molecule has 0 atom stereocenters. The molecule has 1 aliphatic carbocycles. The summed E-state index contributed by atoms with van der Waals surface area (Å²) < 4.78 is 3.96. The molecule has 0 radical (unpaired) electrons. The number of urea groups is 1. The average molecular weight is 661 g/mol. The molecule has 252 valence electrons. The molecule has 5 heterocycles. The summed E-state index contributed by atoms with van der Waals surface area (Å²) in [5.74, 6) is 1.28. The van der Waals surface area contributed by atoms with Crippen LogP contribution < -0.4 is 16.0 Å². The number of aryl methyl sites for hydroxylation is 1. The minimum atomic E-state index is -0.408. The van der Waals surface area contributed by atoms with E-state index in [0.29, 0.717) is 47.4 Å². The van der Waals surface area contributed by atoms with Crippen molar-refractivity contribution in [2.24, 2.45) is 7.05 Å². The van der Waals surface area contributed by atoms with Gasteiger partial charge < -0.3 is 15.7 Å². The molecule has 1 saturated carbocycles. The molecule has 2 aliphatic heterocycles. The maximum Gasteiger partial charge on any atom is 0.329 e. The summed E-state index contributed by atoms with van der Waals surface area (Å²) in [7, 11) is 1.94. The van der Waals surface area contributed by atoms with Gasteiger partial charge in [0, 0.05) is 67.4 Å². The van der Waals surface area contributed by atoms with Crippen LogP contribution in [0.3, 0.4) is 0 Å². The lowest BCUT2D eigenvalue weighted by Gasteiger charge is -2.41. The Kier molecular flexibility index (Phi) is 7.98. The molecule has 0 spiro atoms. The van der Waals surface area contributed by atoms with E-state index >= 15 is 0 Å². The molecular formula is C36H40N10O3. The standard InChI is InChI=1S/C36H40N10O3/c1-43-33-26(6-4-7-28(33)35(42-43)45-18-15-32(48)39-36(45)49)22-9-11-24(12-10-22)44-16-13-25(14-17-44)46-21-23(20-38-46)29-19-30(40-41-34(29)37)27-5-2-3-8-31(27)47/h2-8,19-22,24-25,47H,9-18H2,1H3,(H2,37,41)(H,39,48,49). The lowest BCUT2D eigenvalue weighted by Crippen LogP contribution is -2.49. The van der Waals surface area contributed by atoms with E-state index in [2.05, 4.69) is 43.4 Å². The Hall–Kier alpha value is -5.30. The molecule has 8 rings (SSSR count). The van der Waals surface area contributed by atoms with Crippen LogP contribution in [0.2, 0.25) is 0 Å². The number of phenolic OH excluding ortho intramolecular Hbond substituents is 1. The van der Waals surface area contributed by atoms with Gasteiger partial charge in [-0.3, -0.25) is 24.4 Å². The molecule has 0 bridgehead atoms. The number of piperidine rings is 1. The smallest absolute Gasteiger partial charge is 0.329 e. The third-order valence-corrected chi connectivity index (χ3v) is 10.6. The van der Waals surface area contributed by atoms with E-state index in [0.717, 1.165) is 73.6 Å². The zero-order chi connectivity index (χ0) is 33.6. The summed E-state index contributed by atoms with van der Waals surface area (Å²) in [5, 5.41) is 31.5. The van der Waals surface area contributed by atoms with Crippen LogP contribution in [0.25, 0.3) is 33.3 Å². The zero-order valence-electron chi connectivity index (χ0n) is 27.5. The van der Waals surface area contributed by atoms with Crippen LogP contribution in [0.15, 0.2) is 60.9 Å². The Morgan fingerprint density at radius 3 is 2.47 bits per heavy atom. The second-order valence-corrected chi connectivity index (χ2v) is 13.5. The largest absolute Gasteiger partial charge is 0.507 e. The molecule has 0 unspecified atom stereocenters. The highest BCUT2D eigenvalue weighted by molar-refractivity contribution is 6.09. The van der Waals surface area contributed by atoms with Gasteiger partial charge in [0.05, 0.1) is 23.4 Å². The summed E-state index contributed by atoms with van der Waals surface area (Å²) in [4.78, 5) is 28.5. The fraction of sp³-hybridized carbons (Fsp3) is 0.389. The number of benzene rings is 2. The number of hydrogen-bond donors (Lipinski definition) is 3. The molecule has 4 N–H and O–H groups in total. The Bertz CT molecular complexity index is 2040. The summed E-state index contributed by atoms with van der Waals surface area (Å²) >= 11 is 0. The highest BCUT2D eigenvalue weighted by Gasteiger charge is 2.33. The van der Waals surface area contributed by atoms with Crippen LogP contribution in [0.5, 0.6) is 5.75 Å². The monoisotopic (exact) mass is 660 g/mol. The number of rotatable bonds is 6. The quantitative estimate of drug-likeness (QED) is 0.228. The minimum Gasteiger partial charge on any atom is -0.507 e. The van der Waals surface area contributed by atoms with Gasteiger partial charge in [0.2, 0.25) is 5.91 Å². The molecule has 49 heavy (non-hydrogen) atoms. The highest BCUT2D eigenvalue weighted by atomic mass is 16.3. The average Bonchev–Trinajstić information content (AvgIpc) is 3.74. The lowest BCUT2D eigenvalue weighted by atomic mass is 9.80. The van der Waals surface area contributed by atoms with E-state index in [1.807, 2.05) is 42.2 Å². The zero-order valence-corrected chi connectivity index (χ0v) is 27.5. The van der Waals surface area contributed by atoms with E-state index in [-0.39, 0.29) is 18.1 Å². The normalized spacial score (nSPS) is 21.0. The number of carbonyl (C=O) groups excluding carboxylic acids is 2. The number of carbonyl (C=O) groups is 2. The third-order valence-electron chi connectivity index (χ3n) is 10.6. The Labute approximate surface area is 283 Å². The number of fused-ring (bicyclic) bond motifs is 1. The van der Waals surface area contributed by atoms with Crippen molar-refractivity contribution >= 4 is 34.5 Å². The Morgan fingerprint density at radius 2 is 1.69 bits per heavy atom. The van der Waals surface area contributed by atoms with Gasteiger partial charge in [-0.15, -0.1) is 10.2 Å². The summed E-state index contributed by atoms with van der Waals surface area (Å²) in [5.41, 5.74) is 11.4. The van der Waals surface area contributed by atoms with Crippen LogP contribution in [-0.4, -0.2) is 77.4 Å². The number of phenols is 1. The first-order valence-electron chi connectivity index (χ1n) is 17.1. The van der Waals surface area contributed by atoms with E-state index in [4.69, 9.17) is 15.9 Å². The predicted molar refractivity (Wildman–Crippen MR) is 186 cm³/mol. The number of aromatic hydroxyl groups is 1. The molecule has 13 heteroatoms. The molecule has 13 nitrogen and oxygen atoms in total. The van der Waals surface area contributed by atoms with Crippen LogP contribution in [0.1, 0.15) is 62.5 Å². The molecule has 2 saturated heterocycles. The summed E-state index contributed by atoms with van der Waals surface area (Å²) in [6, 6.07) is 15.7. The fourth-order valence-corrected chi connectivity index (χ4v) is 8.04. The number of imide groups is 1. The second-order valence-electron chi connectivity index (χ2n) is 13.5. The third kappa shape index (κ3) is 5.77. The van der Waals surface area contributed by atoms with Crippen molar-refractivity contribution in [3.63, 3.8) is 0 Å². The number of likely N-dealkylation sites (tertiary alicyclic amines) is 1. The first kappa shape index (κ1) is 31.0. The number of nitrogen functional groups attached to an aromatic ring is 1. The van der Waals surface area contributed by atoms with Crippen molar-refractivity contribution in [3.8, 4) is 28.1 Å². The van der Waals surface area contributed by atoms with Crippen molar-refractivity contribution in [2.45, 2.75) is 62.9 Å². The van der Waals surface area contributed by atoms with E-state index in [1.165, 1.54) is 5.56 Å². The Morgan fingerprint density at radius 1 is 0.898 bits per heavy atom. The first-order chi connectivity index (χ1) is 23.8. The summed E-state index contributed by atoms with van der Waals surface area (Å²) in [6.45, 7) is 2.40. The summed E-state index contributed by atoms with van der Waals surface area (Å²) in [6.07, 6.45) is 10.7. The second kappa shape index (κ2) is 12.6. The van der Waals surface area contributed by atoms with Crippen molar-refractivity contribution < 1.29 is 14.7 Å². The minimum absolute atomic E-state index is 0.147. The van der Waals surface area contributed by atoms with Gasteiger partial charge in [-0.25, -0.2) is 4.79 Å². The number of nitrogens with one attached hydrogen (secondary N) is 1. The topological polar surface area (TPSA) is 160 Å². The van der Waals surface area contributed by atoms with E-state index in [1.54, 1.807) is 17.0 Å². The highest BCUT2D eigenvalue weighted by Crippen LogP contribution is 2.41. The number of nitrogens with two attached hydrogens (primary N) is 1. The number of hydrogen-bond acceptors (Lipinski definition) is 9. The fourth-order valence-electron chi connectivity index (χ4n) is 8.04. The lowest BCUT2D eigenvalue weighted by molar-refractivity contribution is -0.120. The molecule has 3 amide bonds. The van der Waals surface area contributed by atoms with Gasteiger partial charge in [0.25, 0.3) is 0 Å². The van der Waals surface area contributed by atoms with Crippen molar-refractivity contribution in [1.29, 1.82) is 0 Å². The van der Waals surface area contributed by atoms with Crippen LogP contribution in [-0.2, 0) is 11.8 Å². The molecule has 3 aliphatic rings. The molecule has 2 aromatic carbocycles. The van der Waals surface area contributed by atoms with E-state index in [9.17, 15) is 14.7 Å². The SMILES string of the molecule is Cn1nc(N2CCC(=O)NC2=O)c2cccc(C3CCC(N4CCC(n5cc(-c6cc(-c7ccccc7O)nnc6N)cn5)CC4)CC3)c21. The molecule has 3 fully saturated rings. The maximum absolute atomic E-state index is 12.6. The van der Waals surface area contributed by atoms with Gasteiger partial charge in [-0.1, -0.05) is 24.3 Å². The van der Waals surface area contributed by atoms with Crippen molar-refractivity contribution in [2.75, 3.05) is 30.3 Å². The number of amides is 3. The van der Waals surface area contributed by atoms with Crippen LogP contribution in [0, 0.1) is 0 Å². The van der Waals surface area contributed by atoms with Gasteiger partial charge >= 0.3 is 6.03 Å². The predicted octanol–water partition coefficient (Wildman–Crippen LogP) is 4.99. The maximum atomic E-state index is 12.6. The number of para-hydroxylation sites is 2.